The molecule has 9 heteroatoms. The first-order chi connectivity index (χ1) is 20.3. The van der Waals surface area contributed by atoms with Crippen LogP contribution >= 0.6 is 0 Å². The molecule has 0 atom stereocenters. The zero-order valence-electron chi connectivity index (χ0n) is 27.5. The van der Waals surface area contributed by atoms with Crippen LogP contribution in [0.4, 0.5) is 4.79 Å². The first kappa shape index (κ1) is 63.9. The summed E-state index contributed by atoms with van der Waals surface area (Å²) in [6, 6.07) is 15.9. The van der Waals surface area contributed by atoms with Crippen LogP contribution in [-0.2, 0) is 35.9 Å². The van der Waals surface area contributed by atoms with Gasteiger partial charge in [0.15, 0.2) is 17.2 Å². The van der Waals surface area contributed by atoms with Crippen molar-refractivity contribution in [3.63, 3.8) is 0 Å². The van der Waals surface area contributed by atoms with E-state index in [4.69, 9.17) is 14.2 Å². The second-order valence-corrected chi connectivity index (χ2v) is 13.3. The lowest BCUT2D eigenvalue weighted by atomic mass is 9.93. The first-order valence-electron chi connectivity index (χ1n) is 14.9. The van der Waals surface area contributed by atoms with Crippen molar-refractivity contribution in [1.82, 2.24) is 10.2 Å². The summed E-state index contributed by atoms with van der Waals surface area (Å²) in [4.78, 5) is 45.5. The predicted molar refractivity (Wildman–Crippen MR) is 230 cm³/mol. The van der Waals surface area contributed by atoms with Gasteiger partial charge in [0, 0.05) is 29.7 Å². The number of likely N-dealkylation sites (N-methyl/N-ethyl adjacent to an activating group) is 1. The molecule has 0 bridgehead atoms. The SMILES string of the molecule is C.C.C.C.C.C.C.C.C.C=C1OC(C)(C)c2ccccc21.CC1(C)NC(=O)CC1=O.CC1(C)Oc2ccccc2CC1=O.CCN1CC(C)(C)OC1=O. The summed E-state index contributed by atoms with van der Waals surface area (Å²) < 4.78 is 16.2. The number of fused-ring (bicyclic) bond motifs is 2. The number of nitrogens with zero attached hydrogens (tertiary/aromatic N) is 1. The molecular weight excluding hydrogens is 668 g/mol. The quantitative estimate of drug-likeness (QED) is 0.289. The van der Waals surface area contributed by atoms with Crippen molar-refractivity contribution < 1.29 is 33.4 Å². The molecule has 0 aromatic heterocycles. The number of carbonyl (C=O) groups is 4. The summed E-state index contributed by atoms with van der Waals surface area (Å²) in [6.07, 6.45) is 0.350. The van der Waals surface area contributed by atoms with Crippen LogP contribution in [0.1, 0.15) is 152 Å². The van der Waals surface area contributed by atoms with Gasteiger partial charge in [-0.15, -0.1) is 0 Å². The van der Waals surface area contributed by atoms with Crippen molar-refractivity contribution in [2.75, 3.05) is 13.1 Å². The zero-order chi connectivity index (χ0) is 33.1. The van der Waals surface area contributed by atoms with Gasteiger partial charge in [0.25, 0.3) is 0 Å². The number of cyclic esters (lactones) is 1. The third-order valence-corrected chi connectivity index (χ3v) is 7.66. The summed E-state index contributed by atoms with van der Waals surface area (Å²) in [5.41, 5.74) is 1.61. The normalized spacial score (nSPS) is 17.4. The number of ketones is 2. The summed E-state index contributed by atoms with van der Waals surface area (Å²) in [6.45, 7) is 22.3. The van der Waals surface area contributed by atoms with Crippen LogP contribution in [0.3, 0.4) is 0 Å². The molecule has 4 heterocycles. The van der Waals surface area contributed by atoms with E-state index in [1.165, 1.54) is 5.56 Å². The minimum atomic E-state index is -0.658. The maximum atomic E-state index is 11.6. The van der Waals surface area contributed by atoms with Gasteiger partial charge in [0.1, 0.15) is 22.7 Å². The highest BCUT2D eigenvalue weighted by molar-refractivity contribution is 6.09. The maximum absolute atomic E-state index is 11.6. The third-order valence-electron chi connectivity index (χ3n) is 7.66. The van der Waals surface area contributed by atoms with Crippen LogP contribution in [0.25, 0.3) is 5.76 Å². The second-order valence-electron chi connectivity index (χ2n) is 13.3. The second kappa shape index (κ2) is 24.2. The Morgan fingerprint density at radius 1 is 0.660 bits per heavy atom. The lowest BCUT2D eigenvalue weighted by molar-refractivity contribution is -0.132. The molecule has 0 radical (unpaired) electrons. The first-order valence-corrected chi connectivity index (χ1v) is 14.9. The lowest BCUT2D eigenvalue weighted by Gasteiger charge is -2.30. The number of para-hydroxylation sites is 1. The van der Waals surface area contributed by atoms with Crippen LogP contribution in [0.15, 0.2) is 55.1 Å². The van der Waals surface area contributed by atoms with Gasteiger partial charge in [0.05, 0.1) is 18.5 Å². The van der Waals surface area contributed by atoms with Crippen LogP contribution in [0, 0.1) is 0 Å². The van der Waals surface area contributed by atoms with Gasteiger partial charge >= 0.3 is 6.09 Å². The van der Waals surface area contributed by atoms with Crippen LogP contribution < -0.4 is 10.1 Å². The average Bonchev–Trinajstić information content (AvgIpc) is 3.43. The van der Waals surface area contributed by atoms with Crippen molar-refractivity contribution >= 4 is 29.3 Å². The monoisotopic (exact) mass is 751 g/mol. The van der Waals surface area contributed by atoms with E-state index in [1.807, 2.05) is 77.1 Å². The van der Waals surface area contributed by atoms with Crippen molar-refractivity contribution in [3.05, 3.63) is 71.8 Å². The Hall–Kier alpha value is -4.14. The highest BCUT2D eigenvalue weighted by Crippen LogP contribution is 2.41. The number of hydrogen-bond acceptors (Lipinski definition) is 7. The third kappa shape index (κ3) is 16.2. The fourth-order valence-corrected chi connectivity index (χ4v) is 5.06. The Balaban J connectivity index is -0.000000102. The largest absolute Gasteiger partial charge is 0.483 e. The van der Waals surface area contributed by atoms with Crippen LogP contribution in [0.2, 0.25) is 0 Å². The van der Waals surface area contributed by atoms with Gasteiger partial charge in [0.2, 0.25) is 5.91 Å². The molecule has 53 heavy (non-hydrogen) atoms. The van der Waals surface area contributed by atoms with E-state index in [1.54, 1.807) is 18.7 Å². The van der Waals surface area contributed by atoms with E-state index in [-0.39, 0.29) is 108 Å². The molecule has 1 N–H and O–H groups in total. The Morgan fingerprint density at radius 3 is 1.57 bits per heavy atom. The summed E-state index contributed by atoms with van der Waals surface area (Å²) in [5.74, 6) is 1.59. The molecule has 0 aliphatic carbocycles. The molecule has 9 nitrogen and oxygen atoms in total. The minimum Gasteiger partial charge on any atom is -0.483 e. The number of carbonyl (C=O) groups excluding carboxylic acids is 4. The Kier molecular flexibility index (Phi) is 29.2. The van der Waals surface area contributed by atoms with E-state index in [9.17, 15) is 19.2 Å². The van der Waals surface area contributed by atoms with Gasteiger partial charge in [-0.1, -0.05) is 116 Å². The minimum absolute atomic E-state index is 0. The molecule has 4 aliphatic heterocycles. The lowest BCUT2D eigenvalue weighted by Crippen LogP contribution is -2.42. The molecule has 4 aliphatic rings. The van der Waals surface area contributed by atoms with Crippen LogP contribution in [-0.4, -0.2) is 58.3 Å². The number of benzene rings is 2. The van der Waals surface area contributed by atoms with Gasteiger partial charge < -0.3 is 24.4 Å². The number of hydrogen-bond donors (Lipinski definition) is 1. The number of amides is 2. The van der Waals surface area contributed by atoms with Crippen molar-refractivity contribution in [2.45, 2.75) is 164 Å². The molecule has 0 saturated carbocycles. The predicted octanol–water partition coefficient (Wildman–Crippen LogP) is 11.7. The Bertz CT molecular complexity index is 1440. The van der Waals surface area contributed by atoms with Gasteiger partial charge in [-0.25, -0.2) is 4.79 Å². The van der Waals surface area contributed by atoms with Crippen molar-refractivity contribution in [1.29, 1.82) is 0 Å². The molecule has 2 aromatic carbocycles. The highest BCUT2D eigenvalue weighted by Gasteiger charge is 2.38. The molecule has 2 amide bonds. The fourth-order valence-electron chi connectivity index (χ4n) is 5.06. The van der Waals surface area contributed by atoms with Gasteiger partial charge in [-0.2, -0.15) is 0 Å². The summed E-state index contributed by atoms with van der Waals surface area (Å²) in [5, 5.41) is 2.55. The summed E-state index contributed by atoms with van der Waals surface area (Å²) >= 11 is 0. The van der Waals surface area contributed by atoms with E-state index < -0.39 is 11.1 Å². The average molecular weight is 751 g/mol. The number of nitrogens with one attached hydrogen (secondary N) is 1. The highest BCUT2D eigenvalue weighted by atomic mass is 16.6. The Labute approximate surface area is 327 Å². The zero-order valence-corrected chi connectivity index (χ0v) is 27.5. The molecule has 0 spiro atoms. The van der Waals surface area contributed by atoms with E-state index in [0.717, 1.165) is 29.2 Å². The molecule has 310 valence electrons. The van der Waals surface area contributed by atoms with Crippen molar-refractivity contribution in [2.24, 2.45) is 0 Å². The fraction of sp³-hybridized carbons (Fsp3) is 0.591. The number of ether oxygens (including phenoxy) is 3. The van der Waals surface area contributed by atoms with E-state index in [0.29, 0.717) is 13.0 Å². The Morgan fingerprint density at radius 2 is 1.17 bits per heavy atom. The summed E-state index contributed by atoms with van der Waals surface area (Å²) in [7, 11) is 0. The molecule has 0 unspecified atom stereocenters. The molecule has 2 saturated heterocycles. The molecule has 2 aromatic rings. The van der Waals surface area contributed by atoms with Crippen molar-refractivity contribution in [3.8, 4) is 5.75 Å². The molecular formula is C44H82N2O7. The standard InChI is InChI=1S/C11H12O2.C11H12O.C7H13NO2.C6H9NO2.9CH4/c1-11(2)10(12)7-8-5-3-4-6-9(8)13-11;1-8-9-6-4-5-7-10(9)11(2,3)12-8;1-4-8-5-7(2,3)10-6(8)9;1-6(2)4(8)3-5(9)7-6;;;;;;;;;/h3-6H,7H2,1-2H3;4-7H,1H2,2-3H3;4-5H2,1-3H3;3H2,1-2H3,(H,7,9);9*1H4. The number of rotatable bonds is 1. The smallest absolute Gasteiger partial charge is 0.410 e. The number of Topliss-reactive ketones (excluding diaryl/α,β-unsaturated/α-hetero) is 2. The maximum Gasteiger partial charge on any atom is 0.410 e. The van der Waals surface area contributed by atoms with Gasteiger partial charge in [-0.05, 0) is 68.4 Å². The van der Waals surface area contributed by atoms with E-state index >= 15 is 0 Å². The topological polar surface area (TPSA) is 111 Å². The van der Waals surface area contributed by atoms with E-state index in [2.05, 4.69) is 31.8 Å². The van der Waals surface area contributed by atoms with Crippen LogP contribution in [0.5, 0.6) is 5.75 Å². The molecule has 6 rings (SSSR count). The van der Waals surface area contributed by atoms with Gasteiger partial charge in [-0.3, -0.25) is 14.4 Å². The molecule has 2 fully saturated rings.